The second kappa shape index (κ2) is 9.60. The van der Waals surface area contributed by atoms with Crippen LogP contribution in [-0.2, 0) is 4.79 Å². The minimum Gasteiger partial charge on any atom is -0.493 e. The molecule has 0 aliphatic rings. The number of para-hydroxylation sites is 1. The van der Waals surface area contributed by atoms with E-state index in [1.54, 1.807) is 14.2 Å². The van der Waals surface area contributed by atoms with Crippen LogP contribution in [-0.4, -0.2) is 25.1 Å². The number of carbonyl (C=O) groups is 1. The van der Waals surface area contributed by atoms with Crippen LogP contribution in [0.4, 0.5) is 0 Å². The summed E-state index contributed by atoms with van der Waals surface area (Å²) in [4.78, 5) is 16.5. The van der Waals surface area contributed by atoms with Crippen molar-refractivity contribution in [3.8, 4) is 11.5 Å². The van der Waals surface area contributed by atoms with Crippen molar-refractivity contribution in [1.82, 2.24) is 10.3 Å². The lowest BCUT2D eigenvalue weighted by Gasteiger charge is -2.21. The Bertz CT molecular complexity index is 1200. The molecule has 1 amide bonds. The van der Waals surface area contributed by atoms with E-state index in [1.807, 2.05) is 79.9 Å². The number of carbonyl (C=O) groups excluding carboxylic acids is 1. The van der Waals surface area contributed by atoms with E-state index in [-0.39, 0.29) is 17.9 Å². The van der Waals surface area contributed by atoms with Gasteiger partial charge in [0.15, 0.2) is 11.5 Å². The molecule has 1 aromatic heterocycles. The van der Waals surface area contributed by atoms with Gasteiger partial charge >= 0.3 is 0 Å². The summed E-state index contributed by atoms with van der Waals surface area (Å²) in [6.07, 6.45) is 2.31. The minimum atomic E-state index is -0.145. The van der Waals surface area contributed by atoms with Gasteiger partial charge in [0, 0.05) is 29.4 Å². The Morgan fingerprint density at radius 2 is 1.62 bits per heavy atom. The van der Waals surface area contributed by atoms with E-state index < -0.39 is 0 Å². The van der Waals surface area contributed by atoms with Crippen LogP contribution < -0.4 is 14.8 Å². The van der Waals surface area contributed by atoms with Gasteiger partial charge in [0.1, 0.15) is 0 Å². The first-order valence-electron chi connectivity index (χ1n) is 10.7. The Morgan fingerprint density at radius 1 is 0.906 bits per heavy atom. The fourth-order valence-corrected chi connectivity index (χ4v) is 4.17. The maximum atomic E-state index is 13.1. The summed E-state index contributed by atoms with van der Waals surface area (Å²) in [5.74, 6) is 1.16. The van der Waals surface area contributed by atoms with Gasteiger partial charge in [0.2, 0.25) is 5.91 Å². The highest BCUT2D eigenvalue weighted by molar-refractivity contribution is 5.86. The Morgan fingerprint density at radius 3 is 2.38 bits per heavy atom. The predicted octanol–water partition coefficient (Wildman–Crippen LogP) is 5.58. The number of fused-ring (bicyclic) bond motifs is 1. The van der Waals surface area contributed by atoms with Gasteiger partial charge in [0.05, 0.1) is 20.3 Å². The maximum Gasteiger partial charge on any atom is 0.221 e. The molecule has 0 fully saturated rings. The summed E-state index contributed by atoms with van der Waals surface area (Å²) in [7, 11) is 3.24. The highest BCUT2D eigenvalue weighted by atomic mass is 16.5. The number of ether oxygens (including phenoxy) is 2. The Kier molecular flexibility index (Phi) is 6.45. The van der Waals surface area contributed by atoms with Gasteiger partial charge in [-0.3, -0.25) is 4.79 Å². The number of methoxy groups -OCH3 is 2. The second-order valence-electron chi connectivity index (χ2n) is 7.86. The molecule has 0 saturated heterocycles. The SMILES string of the molecule is COc1ccc(C(CC(=O)NC(C)c2ccccc2)c2c[nH]c3ccccc23)cc1OC. The first kappa shape index (κ1) is 21.5. The van der Waals surface area contributed by atoms with Crippen molar-refractivity contribution in [3.63, 3.8) is 0 Å². The van der Waals surface area contributed by atoms with Gasteiger partial charge in [0.25, 0.3) is 0 Å². The number of aromatic nitrogens is 1. The molecule has 32 heavy (non-hydrogen) atoms. The van der Waals surface area contributed by atoms with E-state index in [4.69, 9.17) is 9.47 Å². The molecule has 5 heteroatoms. The lowest BCUT2D eigenvalue weighted by Crippen LogP contribution is -2.28. The van der Waals surface area contributed by atoms with Gasteiger partial charge in [-0.25, -0.2) is 0 Å². The summed E-state index contributed by atoms with van der Waals surface area (Å²) in [5.41, 5.74) is 4.20. The molecule has 2 N–H and O–H groups in total. The standard InChI is InChI=1S/C27H28N2O3/c1-18(19-9-5-4-6-10-19)29-27(30)16-22(20-13-14-25(31-2)26(15-20)32-3)23-17-28-24-12-8-7-11-21(23)24/h4-15,17-18,22,28H,16H2,1-3H3,(H,29,30). The van der Waals surface area contributed by atoms with E-state index in [1.165, 1.54) is 0 Å². The molecule has 164 valence electrons. The zero-order valence-corrected chi connectivity index (χ0v) is 18.6. The summed E-state index contributed by atoms with van der Waals surface area (Å²) in [6.45, 7) is 2.00. The Hall–Kier alpha value is -3.73. The van der Waals surface area contributed by atoms with Gasteiger partial charge in [-0.15, -0.1) is 0 Å². The number of amides is 1. The Labute approximate surface area is 188 Å². The lowest BCUT2D eigenvalue weighted by molar-refractivity contribution is -0.121. The third-order valence-electron chi connectivity index (χ3n) is 5.87. The molecule has 3 aromatic carbocycles. The molecule has 2 atom stereocenters. The van der Waals surface area contributed by atoms with Crippen molar-refractivity contribution in [1.29, 1.82) is 0 Å². The van der Waals surface area contributed by atoms with E-state index in [2.05, 4.69) is 16.4 Å². The van der Waals surface area contributed by atoms with E-state index >= 15 is 0 Å². The smallest absolute Gasteiger partial charge is 0.221 e. The molecular formula is C27H28N2O3. The molecule has 0 radical (unpaired) electrons. The van der Waals surface area contributed by atoms with Crippen molar-refractivity contribution < 1.29 is 14.3 Å². The molecule has 5 nitrogen and oxygen atoms in total. The maximum absolute atomic E-state index is 13.1. The van der Waals surface area contributed by atoms with E-state index in [9.17, 15) is 4.79 Å². The summed E-state index contributed by atoms with van der Waals surface area (Å²) < 4.78 is 10.9. The summed E-state index contributed by atoms with van der Waals surface area (Å²) >= 11 is 0. The quantitative estimate of drug-likeness (QED) is 0.385. The van der Waals surface area contributed by atoms with Crippen molar-refractivity contribution in [3.05, 3.63) is 95.7 Å². The largest absolute Gasteiger partial charge is 0.493 e. The van der Waals surface area contributed by atoms with Crippen LogP contribution >= 0.6 is 0 Å². The van der Waals surface area contributed by atoms with Crippen LogP contribution in [0.25, 0.3) is 10.9 Å². The average molecular weight is 429 g/mol. The number of H-pyrrole nitrogens is 1. The highest BCUT2D eigenvalue weighted by Gasteiger charge is 2.23. The average Bonchev–Trinajstić information content (AvgIpc) is 3.26. The highest BCUT2D eigenvalue weighted by Crippen LogP contribution is 2.37. The molecule has 0 spiro atoms. The van der Waals surface area contributed by atoms with Crippen LogP contribution in [0.1, 0.15) is 42.0 Å². The van der Waals surface area contributed by atoms with Gasteiger partial charge in [-0.05, 0) is 41.8 Å². The summed E-state index contributed by atoms with van der Waals surface area (Å²) in [6, 6.07) is 23.9. The van der Waals surface area contributed by atoms with E-state index in [0.717, 1.165) is 27.6 Å². The first-order chi connectivity index (χ1) is 15.6. The number of benzene rings is 3. The van der Waals surface area contributed by atoms with Crippen molar-refractivity contribution in [2.75, 3.05) is 14.2 Å². The van der Waals surface area contributed by atoms with Crippen LogP contribution in [0, 0.1) is 0 Å². The third-order valence-corrected chi connectivity index (χ3v) is 5.87. The number of nitrogens with one attached hydrogen (secondary N) is 2. The van der Waals surface area contributed by atoms with Crippen molar-refractivity contribution in [2.24, 2.45) is 0 Å². The molecule has 0 aliphatic carbocycles. The number of aromatic amines is 1. The molecule has 0 bridgehead atoms. The topological polar surface area (TPSA) is 63.3 Å². The molecule has 1 heterocycles. The zero-order chi connectivity index (χ0) is 22.5. The monoisotopic (exact) mass is 428 g/mol. The zero-order valence-electron chi connectivity index (χ0n) is 18.6. The fourth-order valence-electron chi connectivity index (χ4n) is 4.17. The van der Waals surface area contributed by atoms with Gasteiger partial charge in [-0.2, -0.15) is 0 Å². The van der Waals surface area contributed by atoms with Crippen LogP contribution in [0.3, 0.4) is 0 Å². The van der Waals surface area contributed by atoms with E-state index in [0.29, 0.717) is 17.9 Å². The second-order valence-corrected chi connectivity index (χ2v) is 7.86. The predicted molar refractivity (Wildman–Crippen MR) is 127 cm³/mol. The molecule has 0 saturated carbocycles. The first-order valence-corrected chi connectivity index (χ1v) is 10.7. The van der Waals surface area contributed by atoms with Crippen LogP contribution in [0.2, 0.25) is 0 Å². The molecule has 4 aromatic rings. The molecular weight excluding hydrogens is 400 g/mol. The molecule has 0 aliphatic heterocycles. The van der Waals surface area contributed by atoms with Crippen molar-refractivity contribution in [2.45, 2.75) is 25.3 Å². The van der Waals surface area contributed by atoms with Gasteiger partial charge in [-0.1, -0.05) is 54.6 Å². The number of hydrogen-bond acceptors (Lipinski definition) is 3. The minimum absolute atomic E-state index is 0.00795. The Balaban J connectivity index is 1.67. The number of hydrogen-bond donors (Lipinski definition) is 2. The normalized spacial score (nSPS) is 12.8. The fraction of sp³-hybridized carbons (Fsp3) is 0.222. The third kappa shape index (κ3) is 4.47. The number of rotatable bonds is 8. The lowest BCUT2D eigenvalue weighted by atomic mass is 9.87. The van der Waals surface area contributed by atoms with Crippen LogP contribution in [0.15, 0.2) is 79.0 Å². The van der Waals surface area contributed by atoms with Crippen LogP contribution in [0.5, 0.6) is 11.5 Å². The molecule has 2 unspecified atom stereocenters. The molecule has 4 rings (SSSR count). The van der Waals surface area contributed by atoms with Crippen molar-refractivity contribution >= 4 is 16.8 Å². The van der Waals surface area contributed by atoms with Gasteiger partial charge < -0.3 is 19.8 Å². The summed E-state index contributed by atoms with van der Waals surface area (Å²) in [5, 5.41) is 4.26.